The van der Waals surface area contributed by atoms with E-state index in [0.29, 0.717) is 0 Å². The quantitative estimate of drug-likeness (QED) is 0.162. The first-order chi connectivity index (χ1) is 37.6. The number of benzene rings is 6. The van der Waals surface area contributed by atoms with Crippen molar-refractivity contribution in [1.29, 1.82) is 0 Å². The molecular weight excluding hydrogens is 984 g/mol. The molecular formula is C76H89BN2S. The van der Waals surface area contributed by atoms with Gasteiger partial charge in [0.15, 0.2) is 0 Å². The minimum Gasteiger partial charge on any atom is -0.311 e. The first-order valence-electron chi connectivity index (χ1n) is 31.6. The third-order valence-electron chi connectivity index (χ3n) is 23.5. The number of thiophene rings is 1. The minimum absolute atomic E-state index is 0.0304. The van der Waals surface area contributed by atoms with Crippen molar-refractivity contribution in [1.82, 2.24) is 0 Å². The fourth-order valence-electron chi connectivity index (χ4n) is 18.6. The Morgan fingerprint density at radius 3 is 1.46 bits per heavy atom. The van der Waals surface area contributed by atoms with Gasteiger partial charge in [-0.3, -0.25) is 0 Å². The van der Waals surface area contributed by atoms with Crippen LogP contribution in [-0.4, -0.2) is 6.71 Å². The second kappa shape index (κ2) is 16.6. The van der Waals surface area contributed by atoms with Gasteiger partial charge in [-0.05, 0) is 254 Å². The molecule has 0 N–H and O–H groups in total. The number of hydrogen-bond donors (Lipinski definition) is 0. The van der Waals surface area contributed by atoms with Gasteiger partial charge >= 0.3 is 0 Å². The lowest BCUT2D eigenvalue weighted by atomic mass is 9.35. The van der Waals surface area contributed by atoms with Gasteiger partial charge in [-0.25, -0.2) is 0 Å². The highest BCUT2D eigenvalue weighted by Crippen LogP contribution is 2.63. The summed E-state index contributed by atoms with van der Waals surface area (Å²) in [6.45, 7) is 37.6. The zero-order valence-corrected chi connectivity index (χ0v) is 52.2. The molecule has 3 heterocycles. The van der Waals surface area contributed by atoms with Crippen molar-refractivity contribution in [3.63, 3.8) is 0 Å². The standard InChI is InChI=1S/C76H89BN2S/c1-69(2,3)49-21-23-51(24-22-49)78-63-34-50(76-42-45-31-46(43-76)33-47(32-45)44-76)35-64-66(63)77(68-67(78)53-37-55-59(41-65(53)80-68)75(14,15)30-26-71(55,6)7)60-38-56-58(74(12,13)29-27-72(56,8)9)40-62(60)79(64)61-39-57-54(70(4,5)25-28-73(57,10)11)36-52(61)48-19-17-16-18-20-48/h16-24,34-41,45-47H,25-33,42-44H2,1-15H3. The number of anilines is 6. The van der Waals surface area contributed by atoms with Gasteiger partial charge in [0.05, 0.1) is 11.4 Å². The third-order valence-corrected chi connectivity index (χ3v) is 24.7. The molecule has 80 heavy (non-hydrogen) atoms. The Hall–Kier alpha value is -5.06. The molecule has 4 saturated carbocycles. The second-order valence-corrected chi connectivity index (χ2v) is 33.9. The topological polar surface area (TPSA) is 6.48 Å². The average Bonchev–Trinajstić information content (AvgIpc) is 3.90. The Bertz CT molecular complexity index is 3720. The molecule has 4 heteroatoms. The molecule has 0 atom stereocenters. The smallest absolute Gasteiger partial charge is 0.264 e. The SMILES string of the molecule is CC(C)(C)c1ccc(N2c3cc(C45CC6CC(CC(C6)C4)C5)cc4c3B(c3cc5c(cc3N4c3cc4c(cc3-c3ccccc3)C(C)(C)CCC4(C)C)C(C)(C)CCC5(C)C)c3sc4cc5c(cc4c32)C(C)(C)CCC5(C)C)cc1. The van der Waals surface area contributed by atoms with Crippen LogP contribution in [0.1, 0.15) is 225 Å². The number of nitrogens with zero attached hydrogens (tertiary/aromatic N) is 2. The molecule has 9 aliphatic rings. The highest BCUT2D eigenvalue weighted by atomic mass is 32.1. The molecule has 4 bridgehead atoms. The van der Waals surface area contributed by atoms with E-state index < -0.39 is 0 Å². The molecule has 7 aliphatic carbocycles. The third kappa shape index (κ3) is 7.46. The molecule has 6 aromatic carbocycles. The fraction of sp³-hybridized carbons (Fsp3) is 0.500. The molecule has 0 spiro atoms. The van der Waals surface area contributed by atoms with E-state index in [-0.39, 0.29) is 50.0 Å². The largest absolute Gasteiger partial charge is 0.311 e. The van der Waals surface area contributed by atoms with Crippen LogP contribution < -0.4 is 25.5 Å². The zero-order chi connectivity index (χ0) is 55.8. The summed E-state index contributed by atoms with van der Waals surface area (Å²) >= 11 is 2.13. The fourth-order valence-corrected chi connectivity index (χ4v) is 20.0. The van der Waals surface area contributed by atoms with Gasteiger partial charge in [0, 0.05) is 43.2 Å². The summed E-state index contributed by atoms with van der Waals surface area (Å²) < 4.78 is 2.96. The van der Waals surface area contributed by atoms with Crippen LogP contribution in [0.4, 0.5) is 34.1 Å². The highest BCUT2D eigenvalue weighted by Gasteiger charge is 2.55. The van der Waals surface area contributed by atoms with Crippen molar-refractivity contribution in [2.45, 2.75) is 224 Å². The van der Waals surface area contributed by atoms with E-state index in [1.807, 2.05) is 0 Å². The van der Waals surface area contributed by atoms with E-state index in [4.69, 9.17) is 0 Å². The predicted octanol–water partition coefficient (Wildman–Crippen LogP) is 19.5. The predicted molar refractivity (Wildman–Crippen MR) is 346 cm³/mol. The van der Waals surface area contributed by atoms with E-state index >= 15 is 0 Å². The van der Waals surface area contributed by atoms with Crippen molar-refractivity contribution >= 4 is 78.0 Å². The maximum Gasteiger partial charge on any atom is 0.264 e. The molecule has 0 saturated heterocycles. The normalized spacial score (nSPS) is 26.3. The van der Waals surface area contributed by atoms with E-state index in [1.54, 1.807) is 27.8 Å². The van der Waals surface area contributed by atoms with Gasteiger partial charge in [-0.2, -0.15) is 0 Å². The lowest BCUT2D eigenvalue weighted by Gasteiger charge is -2.57. The highest BCUT2D eigenvalue weighted by molar-refractivity contribution is 7.33. The average molecular weight is 1070 g/mol. The summed E-state index contributed by atoms with van der Waals surface area (Å²) in [6.07, 6.45) is 15.5. The summed E-state index contributed by atoms with van der Waals surface area (Å²) in [4.78, 5) is 5.76. The summed E-state index contributed by atoms with van der Waals surface area (Å²) in [6, 6.07) is 43.6. The van der Waals surface area contributed by atoms with E-state index in [0.717, 1.165) is 17.8 Å². The van der Waals surface area contributed by atoms with Crippen LogP contribution in [-0.2, 0) is 43.3 Å². The van der Waals surface area contributed by atoms with Crippen LogP contribution in [0.5, 0.6) is 0 Å². The molecule has 412 valence electrons. The van der Waals surface area contributed by atoms with Crippen LogP contribution in [0.2, 0.25) is 0 Å². The van der Waals surface area contributed by atoms with Gasteiger partial charge in [0.2, 0.25) is 0 Å². The molecule has 7 aromatic rings. The molecule has 0 radical (unpaired) electrons. The first-order valence-corrected chi connectivity index (χ1v) is 32.4. The van der Waals surface area contributed by atoms with Gasteiger partial charge in [0.1, 0.15) is 0 Å². The van der Waals surface area contributed by atoms with E-state index in [2.05, 4.69) is 228 Å². The summed E-state index contributed by atoms with van der Waals surface area (Å²) in [5, 5.41) is 1.44. The molecule has 4 fully saturated rings. The summed E-state index contributed by atoms with van der Waals surface area (Å²) in [5.41, 5.74) is 26.8. The monoisotopic (exact) mass is 1070 g/mol. The van der Waals surface area contributed by atoms with Gasteiger partial charge < -0.3 is 9.80 Å². The summed E-state index contributed by atoms with van der Waals surface area (Å²) in [5.74, 6) is 2.50. The van der Waals surface area contributed by atoms with Crippen LogP contribution in [0.25, 0.3) is 21.2 Å². The zero-order valence-electron chi connectivity index (χ0n) is 51.4. The maximum absolute atomic E-state index is 2.91. The Morgan fingerprint density at radius 1 is 0.475 bits per heavy atom. The van der Waals surface area contributed by atoms with Gasteiger partial charge in [-0.1, -0.05) is 152 Å². The van der Waals surface area contributed by atoms with E-state index in [1.165, 1.54) is 165 Å². The Morgan fingerprint density at radius 2 is 0.938 bits per heavy atom. The second-order valence-electron chi connectivity index (χ2n) is 32.8. The molecule has 0 unspecified atom stereocenters. The lowest BCUT2D eigenvalue weighted by molar-refractivity contribution is -0.00514. The Labute approximate surface area is 485 Å². The Kier molecular flexibility index (Phi) is 10.7. The van der Waals surface area contributed by atoms with Crippen LogP contribution >= 0.6 is 11.3 Å². The first kappa shape index (κ1) is 51.8. The van der Waals surface area contributed by atoms with Crippen molar-refractivity contribution in [2.24, 2.45) is 17.8 Å². The number of hydrogen-bond acceptors (Lipinski definition) is 3. The van der Waals surface area contributed by atoms with Crippen molar-refractivity contribution in [3.05, 3.63) is 148 Å². The molecule has 16 rings (SSSR count). The van der Waals surface area contributed by atoms with Gasteiger partial charge in [-0.15, -0.1) is 11.3 Å². The molecule has 2 nitrogen and oxygen atoms in total. The maximum atomic E-state index is 2.91. The summed E-state index contributed by atoms with van der Waals surface area (Å²) in [7, 11) is 0. The minimum atomic E-state index is 0.0304. The van der Waals surface area contributed by atoms with Crippen LogP contribution in [0.3, 0.4) is 0 Å². The van der Waals surface area contributed by atoms with Crippen LogP contribution in [0.15, 0.2) is 103 Å². The molecule has 2 aliphatic heterocycles. The number of rotatable bonds is 4. The Balaban J connectivity index is 1.12. The molecule has 0 amide bonds. The van der Waals surface area contributed by atoms with E-state index in [9.17, 15) is 0 Å². The molecule has 1 aromatic heterocycles. The van der Waals surface area contributed by atoms with Crippen LogP contribution in [0, 0.1) is 17.8 Å². The van der Waals surface area contributed by atoms with Crippen molar-refractivity contribution in [2.75, 3.05) is 9.80 Å². The van der Waals surface area contributed by atoms with Crippen molar-refractivity contribution < 1.29 is 0 Å². The number of fused-ring (bicyclic) bond motifs is 9. The lowest BCUT2D eigenvalue weighted by Crippen LogP contribution is -2.61. The van der Waals surface area contributed by atoms with Gasteiger partial charge in [0.25, 0.3) is 6.71 Å². The van der Waals surface area contributed by atoms with Crippen molar-refractivity contribution in [3.8, 4) is 11.1 Å².